The maximum Gasteiger partial charge on any atom is 0.0618 e. The van der Waals surface area contributed by atoms with E-state index in [0.717, 1.165) is 32.7 Å². The lowest BCUT2D eigenvalue weighted by molar-refractivity contribution is 0.0219. The Labute approximate surface area is 113 Å². The van der Waals surface area contributed by atoms with Crippen molar-refractivity contribution in [2.75, 3.05) is 33.4 Å². The zero-order valence-electron chi connectivity index (χ0n) is 12.8. The highest BCUT2D eigenvalue weighted by atomic mass is 16.5. The third kappa shape index (κ3) is 3.94. The molecule has 1 fully saturated rings. The van der Waals surface area contributed by atoms with E-state index in [1.54, 1.807) is 7.11 Å². The van der Waals surface area contributed by atoms with Gasteiger partial charge in [0.05, 0.1) is 6.10 Å². The molecule has 1 aliphatic heterocycles. The Hall–Kier alpha value is -0.120. The number of hydrogen-bond acceptors (Lipinski definition) is 3. The summed E-state index contributed by atoms with van der Waals surface area (Å²) < 4.78 is 11.1. The van der Waals surface area contributed by atoms with Crippen molar-refractivity contribution in [3.05, 3.63) is 0 Å². The van der Waals surface area contributed by atoms with Gasteiger partial charge in [0.1, 0.15) is 0 Å². The van der Waals surface area contributed by atoms with Crippen LogP contribution in [0.3, 0.4) is 0 Å². The van der Waals surface area contributed by atoms with E-state index in [1.807, 2.05) is 0 Å². The fourth-order valence-electron chi connectivity index (χ4n) is 3.02. The molecule has 3 unspecified atom stereocenters. The second kappa shape index (κ2) is 7.46. The van der Waals surface area contributed by atoms with E-state index < -0.39 is 0 Å². The van der Waals surface area contributed by atoms with Gasteiger partial charge in [-0.05, 0) is 38.1 Å². The van der Waals surface area contributed by atoms with Crippen LogP contribution in [-0.2, 0) is 9.47 Å². The fraction of sp³-hybridized carbons (Fsp3) is 1.00. The van der Waals surface area contributed by atoms with Crippen molar-refractivity contribution in [3.63, 3.8) is 0 Å². The Kier molecular flexibility index (Phi) is 6.61. The molecule has 0 amide bonds. The number of methoxy groups -OCH3 is 1. The number of nitrogens with one attached hydrogen (secondary N) is 1. The first-order chi connectivity index (χ1) is 8.53. The van der Waals surface area contributed by atoms with Gasteiger partial charge in [-0.3, -0.25) is 0 Å². The topological polar surface area (TPSA) is 30.5 Å². The Balaban J connectivity index is 2.58. The molecule has 1 aliphatic rings. The van der Waals surface area contributed by atoms with Crippen LogP contribution in [0.25, 0.3) is 0 Å². The number of rotatable bonds is 8. The average Bonchev–Trinajstić information content (AvgIpc) is 2.68. The van der Waals surface area contributed by atoms with Crippen LogP contribution in [0.2, 0.25) is 0 Å². The van der Waals surface area contributed by atoms with E-state index in [0.29, 0.717) is 17.9 Å². The van der Waals surface area contributed by atoms with Crippen LogP contribution in [-0.4, -0.2) is 39.5 Å². The molecule has 0 saturated carbocycles. The first-order valence-electron chi connectivity index (χ1n) is 7.34. The van der Waals surface area contributed by atoms with Gasteiger partial charge < -0.3 is 14.8 Å². The third-order valence-corrected chi connectivity index (χ3v) is 4.49. The van der Waals surface area contributed by atoms with Crippen LogP contribution in [0.1, 0.15) is 40.5 Å². The molecule has 0 spiro atoms. The van der Waals surface area contributed by atoms with Crippen molar-refractivity contribution >= 4 is 0 Å². The number of ether oxygens (including phenoxy) is 2. The van der Waals surface area contributed by atoms with Gasteiger partial charge in [0.2, 0.25) is 0 Å². The van der Waals surface area contributed by atoms with Crippen LogP contribution >= 0.6 is 0 Å². The van der Waals surface area contributed by atoms with Crippen LogP contribution < -0.4 is 5.32 Å². The Bertz CT molecular complexity index is 233. The maximum atomic E-state index is 5.85. The molecule has 1 saturated heterocycles. The summed E-state index contributed by atoms with van der Waals surface area (Å²) in [5, 5.41) is 3.63. The van der Waals surface area contributed by atoms with E-state index >= 15 is 0 Å². The standard InChI is InChI=1S/C15H31NO2/c1-12(2)10-16-11-15(7-9-18-14(15)4)13(3)6-8-17-5/h12-14,16H,6-11H2,1-5H3. The maximum absolute atomic E-state index is 5.85. The second-order valence-corrected chi connectivity index (χ2v) is 6.20. The third-order valence-electron chi connectivity index (χ3n) is 4.49. The summed E-state index contributed by atoms with van der Waals surface area (Å²) in [7, 11) is 1.78. The molecule has 0 aromatic heterocycles. The van der Waals surface area contributed by atoms with Crippen molar-refractivity contribution in [1.82, 2.24) is 5.32 Å². The first-order valence-corrected chi connectivity index (χ1v) is 7.34. The van der Waals surface area contributed by atoms with E-state index in [1.165, 1.54) is 6.42 Å². The summed E-state index contributed by atoms with van der Waals surface area (Å²) in [6, 6.07) is 0. The highest BCUT2D eigenvalue weighted by Gasteiger charge is 2.45. The molecule has 1 rings (SSSR count). The molecule has 3 heteroatoms. The van der Waals surface area contributed by atoms with Crippen LogP contribution in [0.15, 0.2) is 0 Å². The van der Waals surface area contributed by atoms with Gasteiger partial charge in [0, 0.05) is 32.3 Å². The SMILES string of the molecule is COCCC(C)C1(CNCC(C)C)CCOC1C. The molecule has 0 radical (unpaired) electrons. The molecule has 0 bridgehead atoms. The summed E-state index contributed by atoms with van der Waals surface area (Å²) >= 11 is 0. The van der Waals surface area contributed by atoms with Gasteiger partial charge in [-0.15, -0.1) is 0 Å². The fourth-order valence-corrected chi connectivity index (χ4v) is 3.02. The van der Waals surface area contributed by atoms with Crippen LogP contribution in [0.5, 0.6) is 0 Å². The molecule has 3 nitrogen and oxygen atoms in total. The van der Waals surface area contributed by atoms with E-state index in [-0.39, 0.29) is 5.41 Å². The quantitative estimate of drug-likeness (QED) is 0.725. The minimum Gasteiger partial charge on any atom is -0.385 e. The highest BCUT2D eigenvalue weighted by molar-refractivity contribution is 4.95. The van der Waals surface area contributed by atoms with Gasteiger partial charge in [0.25, 0.3) is 0 Å². The normalized spacial score (nSPS) is 30.0. The van der Waals surface area contributed by atoms with Gasteiger partial charge in [-0.2, -0.15) is 0 Å². The van der Waals surface area contributed by atoms with Crippen molar-refractivity contribution in [2.24, 2.45) is 17.3 Å². The van der Waals surface area contributed by atoms with E-state index in [4.69, 9.17) is 9.47 Å². The molecule has 1 N–H and O–H groups in total. The Morgan fingerprint density at radius 3 is 2.61 bits per heavy atom. The summed E-state index contributed by atoms with van der Waals surface area (Å²) in [5.74, 6) is 1.34. The van der Waals surface area contributed by atoms with Gasteiger partial charge in [-0.25, -0.2) is 0 Å². The summed E-state index contributed by atoms with van der Waals surface area (Å²) in [6.07, 6.45) is 2.64. The summed E-state index contributed by atoms with van der Waals surface area (Å²) in [4.78, 5) is 0. The van der Waals surface area contributed by atoms with E-state index in [2.05, 4.69) is 33.0 Å². The minimum atomic E-state index is 0.285. The lowest BCUT2D eigenvalue weighted by Crippen LogP contribution is -2.45. The number of hydrogen-bond donors (Lipinski definition) is 1. The largest absolute Gasteiger partial charge is 0.385 e. The summed E-state index contributed by atoms with van der Waals surface area (Å²) in [5.41, 5.74) is 0.285. The zero-order valence-corrected chi connectivity index (χ0v) is 12.8. The molecule has 18 heavy (non-hydrogen) atoms. The van der Waals surface area contributed by atoms with Crippen molar-refractivity contribution in [2.45, 2.75) is 46.6 Å². The van der Waals surface area contributed by atoms with E-state index in [9.17, 15) is 0 Å². The molecular weight excluding hydrogens is 226 g/mol. The predicted octanol–water partition coefficient (Wildman–Crippen LogP) is 2.70. The highest BCUT2D eigenvalue weighted by Crippen LogP contribution is 2.42. The van der Waals surface area contributed by atoms with Crippen LogP contribution in [0, 0.1) is 17.3 Å². The lowest BCUT2D eigenvalue weighted by atomic mass is 9.70. The predicted molar refractivity (Wildman–Crippen MR) is 75.8 cm³/mol. The summed E-state index contributed by atoms with van der Waals surface area (Å²) in [6.45, 7) is 13.0. The second-order valence-electron chi connectivity index (χ2n) is 6.20. The molecule has 108 valence electrons. The van der Waals surface area contributed by atoms with Crippen LogP contribution in [0.4, 0.5) is 0 Å². The van der Waals surface area contributed by atoms with Gasteiger partial charge in [-0.1, -0.05) is 20.8 Å². The van der Waals surface area contributed by atoms with Crippen molar-refractivity contribution in [3.8, 4) is 0 Å². The molecule has 1 heterocycles. The van der Waals surface area contributed by atoms with Gasteiger partial charge in [0.15, 0.2) is 0 Å². The minimum absolute atomic E-state index is 0.285. The van der Waals surface area contributed by atoms with Gasteiger partial charge >= 0.3 is 0 Å². The van der Waals surface area contributed by atoms with Crippen molar-refractivity contribution < 1.29 is 9.47 Å². The average molecular weight is 257 g/mol. The molecular formula is C15H31NO2. The molecule has 0 aliphatic carbocycles. The molecule has 3 atom stereocenters. The molecule has 0 aromatic rings. The van der Waals surface area contributed by atoms with Crippen molar-refractivity contribution in [1.29, 1.82) is 0 Å². The Morgan fingerprint density at radius 2 is 2.11 bits per heavy atom. The first kappa shape index (κ1) is 15.9. The molecule has 0 aromatic carbocycles. The zero-order chi connectivity index (χ0) is 13.6. The Morgan fingerprint density at radius 1 is 1.39 bits per heavy atom. The monoisotopic (exact) mass is 257 g/mol. The smallest absolute Gasteiger partial charge is 0.0618 e. The lowest BCUT2D eigenvalue weighted by Gasteiger charge is -2.38.